The molecule has 8 heteroatoms. The van der Waals surface area contributed by atoms with Gasteiger partial charge in [-0.15, -0.1) is 0 Å². The zero-order chi connectivity index (χ0) is 16.5. The number of aromatic nitrogens is 4. The number of H-pyrrole nitrogens is 1. The van der Waals surface area contributed by atoms with E-state index in [1.807, 2.05) is 54.2 Å². The number of rotatable bonds is 4. The average Bonchev–Trinajstić information content (AvgIpc) is 3.16. The molecule has 0 fully saturated rings. The molecule has 1 aliphatic heterocycles. The Labute approximate surface area is 143 Å². The Morgan fingerprint density at radius 1 is 1.33 bits per heavy atom. The highest BCUT2D eigenvalue weighted by atomic mass is 32.2. The lowest BCUT2D eigenvalue weighted by Gasteiger charge is -2.26. The number of aromatic amines is 1. The molecule has 1 aliphatic rings. The van der Waals surface area contributed by atoms with Crippen molar-refractivity contribution in [3.05, 3.63) is 60.4 Å². The molecule has 0 unspecified atom stereocenters. The summed E-state index contributed by atoms with van der Waals surface area (Å²) in [5.41, 5.74) is 7.63. The van der Waals surface area contributed by atoms with Crippen LogP contribution in [0.3, 0.4) is 0 Å². The third-order valence-electron chi connectivity index (χ3n) is 3.58. The van der Waals surface area contributed by atoms with Gasteiger partial charge in [0.05, 0.1) is 12.7 Å². The summed E-state index contributed by atoms with van der Waals surface area (Å²) in [6.07, 6.45) is 5.79. The van der Waals surface area contributed by atoms with E-state index < -0.39 is 0 Å². The molecule has 1 aromatic carbocycles. The predicted molar refractivity (Wildman–Crippen MR) is 95.7 cm³/mol. The van der Waals surface area contributed by atoms with E-state index in [4.69, 9.17) is 5.73 Å². The van der Waals surface area contributed by atoms with Gasteiger partial charge in [0.15, 0.2) is 5.82 Å². The van der Waals surface area contributed by atoms with E-state index in [0.717, 1.165) is 33.7 Å². The van der Waals surface area contributed by atoms with Crippen LogP contribution in [-0.2, 0) is 6.54 Å². The summed E-state index contributed by atoms with van der Waals surface area (Å²) >= 11 is 1.62. The van der Waals surface area contributed by atoms with Crippen molar-refractivity contribution in [3.8, 4) is 0 Å². The lowest BCUT2D eigenvalue weighted by atomic mass is 10.3. The summed E-state index contributed by atoms with van der Waals surface area (Å²) < 4.78 is 4.15. The van der Waals surface area contributed by atoms with E-state index in [-0.39, 0.29) is 0 Å². The standard InChI is InChI=1S/C16H17N7S/c1-11-7-14(21-20-11)19-16-10-22(9-15-18-5-6-23(15)16)24-13-4-2-3-12(17)8-13/h2-8,10H,9,17H2,1H3,(H2,19,20,21). The topological polar surface area (TPSA) is 87.8 Å². The molecule has 0 atom stereocenters. The quantitative estimate of drug-likeness (QED) is 0.500. The van der Waals surface area contributed by atoms with Crippen molar-refractivity contribution in [2.24, 2.45) is 0 Å². The van der Waals surface area contributed by atoms with Crippen LogP contribution in [0.4, 0.5) is 11.5 Å². The lowest BCUT2D eigenvalue weighted by molar-refractivity contribution is 0.562. The summed E-state index contributed by atoms with van der Waals surface area (Å²) in [5, 5.41) is 10.5. The largest absolute Gasteiger partial charge is 0.399 e. The zero-order valence-corrected chi connectivity index (χ0v) is 13.9. The van der Waals surface area contributed by atoms with Crippen LogP contribution in [0.2, 0.25) is 0 Å². The molecular formula is C16H17N7S. The monoisotopic (exact) mass is 339 g/mol. The first-order chi connectivity index (χ1) is 11.7. The summed E-state index contributed by atoms with van der Waals surface area (Å²) in [5.74, 6) is 2.63. The molecule has 24 heavy (non-hydrogen) atoms. The second-order valence-corrected chi connectivity index (χ2v) is 6.65. The second kappa shape index (κ2) is 5.97. The minimum atomic E-state index is 0.706. The predicted octanol–water partition coefficient (Wildman–Crippen LogP) is 2.89. The van der Waals surface area contributed by atoms with Gasteiger partial charge in [-0.1, -0.05) is 6.07 Å². The smallest absolute Gasteiger partial charge is 0.153 e. The van der Waals surface area contributed by atoms with Gasteiger partial charge < -0.3 is 15.4 Å². The number of hydrogen-bond donors (Lipinski definition) is 3. The fourth-order valence-corrected chi connectivity index (χ4v) is 3.46. The first kappa shape index (κ1) is 14.7. The van der Waals surface area contributed by atoms with Gasteiger partial charge in [-0.25, -0.2) is 4.98 Å². The van der Waals surface area contributed by atoms with E-state index in [1.54, 1.807) is 18.1 Å². The molecule has 4 N–H and O–H groups in total. The number of fused-ring (bicyclic) bond motifs is 1. The number of aryl methyl sites for hydroxylation is 1. The maximum Gasteiger partial charge on any atom is 0.153 e. The van der Waals surface area contributed by atoms with Crippen LogP contribution in [0.15, 0.2) is 53.8 Å². The second-order valence-electron chi connectivity index (χ2n) is 5.53. The fraction of sp³-hybridized carbons (Fsp3) is 0.125. The highest BCUT2D eigenvalue weighted by molar-refractivity contribution is 7.97. The molecule has 122 valence electrons. The van der Waals surface area contributed by atoms with E-state index in [9.17, 15) is 0 Å². The first-order valence-corrected chi connectivity index (χ1v) is 8.28. The van der Waals surface area contributed by atoms with Crippen molar-refractivity contribution in [3.63, 3.8) is 0 Å². The Bertz CT molecular complexity index is 895. The third-order valence-corrected chi connectivity index (χ3v) is 4.52. The molecule has 7 nitrogen and oxygen atoms in total. The number of nitrogens with one attached hydrogen (secondary N) is 2. The van der Waals surface area contributed by atoms with Crippen molar-refractivity contribution in [1.29, 1.82) is 0 Å². The van der Waals surface area contributed by atoms with Crippen LogP contribution in [0.1, 0.15) is 11.5 Å². The normalized spacial score (nSPS) is 13.5. The average molecular weight is 339 g/mol. The van der Waals surface area contributed by atoms with Crippen LogP contribution >= 0.6 is 11.9 Å². The van der Waals surface area contributed by atoms with Gasteiger partial charge in [0.25, 0.3) is 0 Å². The molecule has 0 saturated carbocycles. The van der Waals surface area contributed by atoms with Gasteiger partial charge in [-0.2, -0.15) is 5.10 Å². The van der Waals surface area contributed by atoms with Gasteiger partial charge in [-0.05, 0) is 37.1 Å². The van der Waals surface area contributed by atoms with Crippen LogP contribution in [0.25, 0.3) is 5.82 Å². The fourth-order valence-electron chi connectivity index (χ4n) is 2.53. The number of anilines is 2. The molecule has 0 amide bonds. The summed E-state index contributed by atoms with van der Waals surface area (Å²) in [6.45, 7) is 2.68. The molecule has 0 spiro atoms. The molecule has 2 aromatic heterocycles. The molecule has 0 saturated heterocycles. The Morgan fingerprint density at radius 2 is 2.25 bits per heavy atom. The van der Waals surface area contributed by atoms with Crippen LogP contribution in [-0.4, -0.2) is 24.1 Å². The number of benzene rings is 1. The van der Waals surface area contributed by atoms with Crippen molar-refractivity contribution in [1.82, 2.24) is 24.1 Å². The number of nitrogen functional groups attached to an aromatic ring is 1. The number of nitrogens with zero attached hydrogens (tertiary/aromatic N) is 4. The molecule has 0 aliphatic carbocycles. The minimum absolute atomic E-state index is 0.706. The van der Waals surface area contributed by atoms with Gasteiger partial charge in [-0.3, -0.25) is 9.67 Å². The lowest BCUT2D eigenvalue weighted by Crippen LogP contribution is -2.23. The molecule has 3 aromatic rings. The van der Waals surface area contributed by atoms with Gasteiger partial charge in [0.1, 0.15) is 11.6 Å². The Morgan fingerprint density at radius 3 is 3.04 bits per heavy atom. The Kier molecular flexibility index (Phi) is 3.66. The molecule has 3 heterocycles. The van der Waals surface area contributed by atoms with Crippen molar-refractivity contribution in [2.45, 2.75) is 18.4 Å². The Hall–Kier alpha value is -2.87. The summed E-state index contributed by atoms with van der Waals surface area (Å²) in [7, 11) is 0. The van der Waals surface area contributed by atoms with E-state index in [0.29, 0.717) is 6.54 Å². The SMILES string of the molecule is Cc1cc(NC2=CN(Sc3cccc(N)c3)Cc3nccn32)n[nH]1. The number of hydrogen-bond acceptors (Lipinski definition) is 6. The van der Waals surface area contributed by atoms with Crippen LogP contribution < -0.4 is 11.1 Å². The first-order valence-electron chi connectivity index (χ1n) is 7.51. The van der Waals surface area contributed by atoms with E-state index in [1.165, 1.54) is 0 Å². The van der Waals surface area contributed by atoms with Crippen molar-refractivity contribution >= 4 is 29.3 Å². The maximum absolute atomic E-state index is 5.87. The summed E-state index contributed by atoms with van der Waals surface area (Å²) in [4.78, 5) is 5.52. The van der Waals surface area contributed by atoms with Gasteiger partial charge in [0.2, 0.25) is 0 Å². The minimum Gasteiger partial charge on any atom is -0.399 e. The van der Waals surface area contributed by atoms with Gasteiger partial charge in [0, 0.05) is 34.7 Å². The highest BCUT2D eigenvalue weighted by Gasteiger charge is 2.19. The van der Waals surface area contributed by atoms with E-state index >= 15 is 0 Å². The Balaban J connectivity index is 1.61. The maximum atomic E-state index is 5.87. The van der Waals surface area contributed by atoms with Crippen molar-refractivity contribution in [2.75, 3.05) is 11.1 Å². The number of nitrogens with two attached hydrogens (primary N) is 1. The molecule has 0 radical (unpaired) electrons. The van der Waals surface area contributed by atoms with Gasteiger partial charge >= 0.3 is 0 Å². The third kappa shape index (κ3) is 2.95. The molecule has 4 rings (SSSR count). The van der Waals surface area contributed by atoms with Crippen LogP contribution in [0, 0.1) is 6.92 Å². The number of imidazole rings is 1. The van der Waals surface area contributed by atoms with Crippen LogP contribution in [0.5, 0.6) is 0 Å². The highest BCUT2D eigenvalue weighted by Crippen LogP contribution is 2.30. The van der Waals surface area contributed by atoms with E-state index in [2.05, 4.69) is 24.8 Å². The van der Waals surface area contributed by atoms with Crippen molar-refractivity contribution < 1.29 is 0 Å². The molecular weight excluding hydrogens is 322 g/mol. The molecule has 0 bridgehead atoms. The zero-order valence-electron chi connectivity index (χ0n) is 13.1. The summed E-state index contributed by atoms with van der Waals surface area (Å²) in [6, 6.07) is 9.80.